The van der Waals surface area contributed by atoms with E-state index in [0.29, 0.717) is 28.1 Å². The summed E-state index contributed by atoms with van der Waals surface area (Å²) in [6.07, 6.45) is 3.70. The fourth-order valence-corrected chi connectivity index (χ4v) is 4.25. The summed E-state index contributed by atoms with van der Waals surface area (Å²) in [5.74, 6) is 0.978. The normalized spacial score (nSPS) is 17.4. The van der Waals surface area contributed by atoms with Crippen molar-refractivity contribution in [3.05, 3.63) is 90.3 Å². The third-order valence-electron chi connectivity index (χ3n) is 6.01. The van der Waals surface area contributed by atoms with Crippen LogP contribution >= 0.6 is 0 Å². The minimum atomic E-state index is -0.323. The first-order chi connectivity index (χ1) is 16.2. The smallest absolute Gasteiger partial charge is 0.267 e. The van der Waals surface area contributed by atoms with E-state index in [9.17, 15) is 9.59 Å². The Morgan fingerprint density at radius 2 is 1.52 bits per heavy atom. The topological polar surface area (TPSA) is 66.0 Å². The summed E-state index contributed by atoms with van der Waals surface area (Å²) >= 11 is 0. The van der Waals surface area contributed by atoms with E-state index in [-0.39, 0.29) is 11.8 Å². The maximum absolute atomic E-state index is 13.6. The highest BCUT2D eigenvalue weighted by atomic mass is 16.5. The van der Waals surface area contributed by atoms with Gasteiger partial charge in [0.15, 0.2) is 0 Å². The SMILES string of the molecule is COc1ccc(N2C(=O)/C(=C/N3CCN(c4ccccn4)CC3)c3ccccc3C2=O)cc1. The van der Waals surface area contributed by atoms with E-state index in [0.717, 1.165) is 32.0 Å². The number of hydrogen-bond donors (Lipinski definition) is 0. The zero-order valence-corrected chi connectivity index (χ0v) is 18.3. The molecule has 0 saturated carbocycles. The van der Waals surface area contributed by atoms with E-state index in [1.54, 1.807) is 43.6 Å². The van der Waals surface area contributed by atoms with Crippen LogP contribution in [0.1, 0.15) is 15.9 Å². The molecule has 0 N–H and O–H groups in total. The van der Waals surface area contributed by atoms with Gasteiger partial charge in [-0.15, -0.1) is 0 Å². The molecule has 2 amide bonds. The first kappa shape index (κ1) is 20.8. The summed E-state index contributed by atoms with van der Waals surface area (Å²) in [6, 6.07) is 20.1. The van der Waals surface area contributed by atoms with Crippen LogP contribution in [0.15, 0.2) is 79.1 Å². The molecule has 1 aromatic heterocycles. The molecule has 0 unspecified atom stereocenters. The third kappa shape index (κ3) is 3.93. The molecule has 2 aliphatic heterocycles. The van der Waals surface area contributed by atoms with Crippen LogP contribution in [-0.4, -0.2) is 55.0 Å². The van der Waals surface area contributed by atoms with Crippen molar-refractivity contribution in [2.24, 2.45) is 0 Å². The predicted octanol–water partition coefficient (Wildman–Crippen LogP) is 3.44. The molecule has 2 aromatic carbocycles. The lowest BCUT2D eigenvalue weighted by Crippen LogP contribution is -2.46. The standard InChI is InChI=1S/C26H24N4O3/c1-33-20-11-9-19(10-12-20)30-25(31)22-7-3-2-6-21(22)23(26(30)32)18-28-14-16-29(17-15-28)24-8-4-5-13-27-24/h2-13,18H,14-17H2,1H3/b23-18+. The van der Waals surface area contributed by atoms with Gasteiger partial charge in [-0.1, -0.05) is 24.3 Å². The zero-order chi connectivity index (χ0) is 22.8. The number of anilines is 2. The van der Waals surface area contributed by atoms with Gasteiger partial charge in [-0.3, -0.25) is 9.59 Å². The van der Waals surface area contributed by atoms with Crippen LogP contribution in [0, 0.1) is 0 Å². The molecule has 33 heavy (non-hydrogen) atoms. The number of pyridine rings is 1. The quantitative estimate of drug-likeness (QED) is 0.457. The van der Waals surface area contributed by atoms with E-state index in [4.69, 9.17) is 4.74 Å². The highest BCUT2D eigenvalue weighted by Crippen LogP contribution is 2.33. The summed E-state index contributed by atoms with van der Waals surface area (Å²) in [6.45, 7) is 3.12. The van der Waals surface area contributed by atoms with E-state index >= 15 is 0 Å². The van der Waals surface area contributed by atoms with Gasteiger partial charge in [-0.05, 0) is 42.5 Å². The molecule has 3 heterocycles. The fourth-order valence-electron chi connectivity index (χ4n) is 4.25. The number of piperazine rings is 1. The van der Waals surface area contributed by atoms with Crippen LogP contribution in [0.4, 0.5) is 11.5 Å². The number of carbonyl (C=O) groups excluding carboxylic acids is 2. The Morgan fingerprint density at radius 3 is 2.18 bits per heavy atom. The minimum Gasteiger partial charge on any atom is -0.497 e. The Morgan fingerprint density at radius 1 is 0.818 bits per heavy atom. The fraction of sp³-hybridized carbons (Fsp3) is 0.192. The summed E-state index contributed by atoms with van der Waals surface area (Å²) in [5, 5.41) is 0. The number of rotatable bonds is 4. The van der Waals surface area contributed by atoms with E-state index < -0.39 is 0 Å². The van der Waals surface area contributed by atoms with Gasteiger partial charge in [-0.2, -0.15) is 0 Å². The number of amides is 2. The molecule has 0 atom stereocenters. The number of benzene rings is 2. The average Bonchev–Trinajstić information content (AvgIpc) is 2.88. The van der Waals surface area contributed by atoms with Crippen LogP contribution in [0.25, 0.3) is 5.57 Å². The molecule has 1 saturated heterocycles. The lowest BCUT2D eigenvalue weighted by molar-refractivity contribution is -0.112. The van der Waals surface area contributed by atoms with Crippen molar-refractivity contribution in [3.63, 3.8) is 0 Å². The maximum Gasteiger partial charge on any atom is 0.267 e. The molecule has 3 aromatic rings. The number of hydrogen-bond acceptors (Lipinski definition) is 6. The van der Waals surface area contributed by atoms with Crippen LogP contribution in [0.2, 0.25) is 0 Å². The van der Waals surface area contributed by atoms with Crippen LogP contribution in [0.5, 0.6) is 5.75 Å². The molecule has 5 rings (SSSR count). The first-order valence-corrected chi connectivity index (χ1v) is 10.9. The van der Waals surface area contributed by atoms with Crippen LogP contribution in [0.3, 0.4) is 0 Å². The Kier molecular flexibility index (Phi) is 5.52. The molecule has 166 valence electrons. The molecule has 7 heteroatoms. The molecule has 1 fully saturated rings. The first-order valence-electron chi connectivity index (χ1n) is 10.9. The Balaban J connectivity index is 1.44. The number of carbonyl (C=O) groups is 2. The second kappa shape index (κ2) is 8.78. The molecular formula is C26H24N4O3. The van der Waals surface area contributed by atoms with Crippen molar-refractivity contribution in [1.29, 1.82) is 0 Å². The Bertz CT molecular complexity index is 1200. The zero-order valence-electron chi connectivity index (χ0n) is 18.3. The van der Waals surface area contributed by atoms with Crippen molar-refractivity contribution in [2.45, 2.75) is 0 Å². The number of fused-ring (bicyclic) bond motifs is 1. The third-order valence-corrected chi connectivity index (χ3v) is 6.01. The van der Waals surface area contributed by atoms with Crippen molar-refractivity contribution in [3.8, 4) is 5.75 Å². The lowest BCUT2D eigenvalue weighted by Gasteiger charge is -2.36. The van der Waals surface area contributed by atoms with E-state index in [2.05, 4.69) is 14.8 Å². The van der Waals surface area contributed by atoms with Crippen molar-refractivity contribution in [2.75, 3.05) is 43.1 Å². The summed E-state index contributed by atoms with van der Waals surface area (Å²) < 4.78 is 5.21. The number of nitrogens with zero attached hydrogens (tertiary/aromatic N) is 4. The van der Waals surface area contributed by atoms with Gasteiger partial charge in [0.1, 0.15) is 11.6 Å². The number of ether oxygens (including phenoxy) is 1. The summed E-state index contributed by atoms with van der Waals surface area (Å²) in [4.78, 5) is 36.9. The van der Waals surface area contributed by atoms with Gasteiger partial charge in [0, 0.05) is 49.7 Å². The summed E-state index contributed by atoms with van der Waals surface area (Å²) in [5.41, 5.74) is 2.23. The van der Waals surface area contributed by atoms with Crippen molar-refractivity contribution < 1.29 is 14.3 Å². The highest BCUT2D eigenvalue weighted by Gasteiger charge is 2.36. The molecule has 2 aliphatic rings. The Hall–Kier alpha value is -4.13. The van der Waals surface area contributed by atoms with E-state index in [1.165, 1.54) is 4.90 Å². The second-order valence-corrected chi connectivity index (χ2v) is 7.94. The maximum atomic E-state index is 13.6. The minimum absolute atomic E-state index is 0.321. The van der Waals surface area contributed by atoms with E-state index in [1.807, 2.05) is 42.6 Å². The van der Waals surface area contributed by atoms with Crippen molar-refractivity contribution in [1.82, 2.24) is 9.88 Å². The van der Waals surface area contributed by atoms with Crippen LogP contribution < -0.4 is 14.5 Å². The Labute approximate surface area is 192 Å². The monoisotopic (exact) mass is 440 g/mol. The molecule has 7 nitrogen and oxygen atoms in total. The molecular weight excluding hydrogens is 416 g/mol. The van der Waals surface area contributed by atoms with Gasteiger partial charge in [0.2, 0.25) is 0 Å². The van der Waals surface area contributed by atoms with Gasteiger partial charge in [-0.25, -0.2) is 9.88 Å². The van der Waals surface area contributed by atoms with Gasteiger partial charge < -0.3 is 14.5 Å². The molecule has 0 spiro atoms. The van der Waals surface area contributed by atoms with Crippen LogP contribution in [-0.2, 0) is 4.79 Å². The lowest BCUT2D eigenvalue weighted by atomic mass is 9.93. The molecule has 0 aliphatic carbocycles. The van der Waals surface area contributed by atoms with Gasteiger partial charge in [0.25, 0.3) is 11.8 Å². The number of imide groups is 1. The molecule has 0 bridgehead atoms. The second-order valence-electron chi connectivity index (χ2n) is 7.94. The average molecular weight is 441 g/mol. The number of methoxy groups -OCH3 is 1. The molecule has 0 radical (unpaired) electrons. The van der Waals surface area contributed by atoms with Crippen molar-refractivity contribution >= 4 is 28.9 Å². The number of aromatic nitrogens is 1. The van der Waals surface area contributed by atoms with Gasteiger partial charge in [0.05, 0.1) is 18.4 Å². The largest absolute Gasteiger partial charge is 0.497 e. The highest BCUT2D eigenvalue weighted by molar-refractivity contribution is 6.41. The van der Waals surface area contributed by atoms with Gasteiger partial charge >= 0.3 is 0 Å². The summed E-state index contributed by atoms with van der Waals surface area (Å²) in [7, 11) is 1.58. The predicted molar refractivity (Wildman–Crippen MR) is 127 cm³/mol.